The Labute approximate surface area is 104 Å². The van der Waals surface area contributed by atoms with Gasteiger partial charge in [-0.2, -0.15) is 4.98 Å². The molecule has 3 rings (SSSR count). The van der Waals surface area contributed by atoms with Gasteiger partial charge in [0.25, 0.3) is 0 Å². The molecule has 0 bridgehead atoms. The number of hydrogen-bond donors (Lipinski definition) is 0. The van der Waals surface area contributed by atoms with Crippen molar-refractivity contribution in [2.75, 3.05) is 0 Å². The Bertz CT molecular complexity index is 674. The molecule has 0 unspecified atom stereocenters. The maximum atomic E-state index is 6.24. The van der Waals surface area contributed by atoms with Crippen LogP contribution >= 0.6 is 11.6 Å². The zero-order valence-corrected chi connectivity index (χ0v) is 10.0. The van der Waals surface area contributed by atoms with Gasteiger partial charge in [0.05, 0.1) is 0 Å². The lowest BCUT2D eigenvalue weighted by Gasteiger charge is -2.09. The van der Waals surface area contributed by atoms with Crippen LogP contribution in [-0.4, -0.2) is 14.4 Å². The molecule has 0 aliphatic heterocycles. The molecule has 0 spiro atoms. The van der Waals surface area contributed by atoms with Gasteiger partial charge in [0, 0.05) is 23.7 Å². The molecule has 2 aromatic heterocycles. The lowest BCUT2D eigenvalue weighted by molar-refractivity contribution is 1.04. The molecule has 0 atom stereocenters. The maximum Gasteiger partial charge on any atom is 0.235 e. The Kier molecular flexibility index (Phi) is 2.34. The van der Waals surface area contributed by atoms with Crippen molar-refractivity contribution in [2.45, 2.75) is 6.92 Å². The first-order valence-corrected chi connectivity index (χ1v) is 5.70. The molecule has 0 radical (unpaired) electrons. The first-order valence-electron chi connectivity index (χ1n) is 5.32. The van der Waals surface area contributed by atoms with E-state index in [1.54, 1.807) is 6.20 Å². The summed E-state index contributed by atoms with van der Waals surface area (Å²) in [4.78, 5) is 8.43. The summed E-state index contributed by atoms with van der Waals surface area (Å²) in [6.07, 6.45) is 3.61. The number of fused-ring (bicyclic) bond motifs is 1. The van der Waals surface area contributed by atoms with E-state index in [2.05, 4.69) is 9.97 Å². The van der Waals surface area contributed by atoms with E-state index >= 15 is 0 Å². The maximum absolute atomic E-state index is 6.24. The van der Waals surface area contributed by atoms with Crippen molar-refractivity contribution < 1.29 is 0 Å². The number of imidazole rings is 1. The van der Waals surface area contributed by atoms with E-state index in [0.29, 0.717) is 10.9 Å². The van der Waals surface area contributed by atoms with Crippen molar-refractivity contribution in [1.82, 2.24) is 14.4 Å². The van der Waals surface area contributed by atoms with E-state index in [0.717, 1.165) is 16.8 Å². The van der Waals surface area contributed by atoms with Crippen LogP contribution in [0.4, 0.5) is 0 Å². The van der Waals surface area contributed by atoms with Crippen molar-refractivity contribution in [1.29, 1.82) is 0 Å². The highest BCUT2D eigenvalue weighted by Gasteiger charge is 2.12. The van der Waals surface area contributed by atoms with Crippen molar-refractivity contribution >= 4 is 17.4 Å². The molecule has 84 valence electrons. The normalized spacial score (nSPS) is 10.9. The van der Waals surface area contributed by atoms with Crippen LogP contribution in [0.3, 0.4) is 0 Å². The zero-order chi connectivity index (χ0) is 11.8. The van der Waals surface area contributed by atoms with Crippen molar-refractivity contribution in [3.63, 3.8) is 0 Å². The summed E-state index contributed by atoms with van der Waals surface area (Å²) in [6.45, 7) is 2.02. The predicted octanol–water partition coefficient (Wildman–Crippen LogP) is 3.36. The molecule has 2 heterocycles. The van der Waals surface area contributed by atoms with Crippen LogP contribution in [0.5, 0.6) is 0 Å². The Morgan fingerprint density at radius 3 is 2.71 bits per heavy atom. The zero-order valence-electron chi connectivity index (χ0n) is 9.26. The molecule has 17 heavy (non-hydrogen) atoms. The van der Waals surface area contributed by atoms with Gasteiger partial charge in [-0.1, -0.05) is 41.9 Å². The number of aryl methyl sites for hydroxylation is 1. The monoisotopic (exact) mass is 243 g/mol. The van der Waals surface area contributed by atoms with Crippen LogP contribution < -0.4 is 0 Å². The van der Waals surface area contributed by atoms with E-state index in [1.165, 1.54) is 0 Å². The number of benzene rings is 1. The van der Waals surface area contributed by atoms with E-state index in [-0.39, 0.29) is 0 Å². The molecule has 3 nitrogen and oxygen atoms in total. The summed E-state index contributed by atoms with van der Waals surface area (Å²) in [5.74, 6) is 0.632. The minimum absolute atomic E-state index is 0.493. The number of aromatic nitrogens is 3. The van der Waals surface area contributed by atoms with E-state index in [4.69, 9.17) is 11.6 Å². The third kappa shape index (κ3) is 1.59. The fraction of sp³-hybridized carbons (Fsp3) is 0.0769. The Hall–Kier alpha value is -1.87. The van der Waals surface area contributed by atoms with E-state index in [9.17, 15) is 0 Å². The molecule has 0 saturated heterocycles. The van der Waals surface area contributed by atoms with Gasteiger partial charge < -0.3 is 0 Å². The van der Waals surface area contributed by atoms with Crippen LogP contribution in [0, 0.1) is 6.92 Å². The minimum atomic E-state index is 0.493. The summed E-state index contributed by atoms with van der Waals surface area (Å²) >= 11 is 6.24. The third-order valence-electron chi connectivity index (χ3n) is 2.81. The molecule has 3 aromatic rings. The van der Waals surface area contributed by atoms with Crippen LogP contribution in [0.2, 0.25) is 5.15 Å². The van der Waals surface area contributed by atoms with Gasteiger partial charge in [0.15, 0.2) is 0 Å². The number of nitrogens with zero attached hydrogens (tertiary/aromatic N) is 3. The SMILES string of the molecule is Cc1c(-c2ccccc2)c(Cl)nc2nccn12. The largest absolute Gasteiger partial charge is 0.288 e. The predicted molar refractivity (Wildman–Crippen MR) is 68.2 cm³/mol. The Morgan fingerprint density at radius 1 is 1.18 bits per heavy atom. The lowest BCUT2D eigenvalue weighted by atomic mass is 10.1. The second kappa shape index (κ2) is 3.86. The molecule has 0 N–H and O–H groups in total. The highest BCUT2D eigenvalue weighted by atomic mass is 35.5. The highest BCUT2D eigenvalue weighted by Crippen LogP contribution is 2.29. The highest BCUT2D eigenvalue weighted by molar-refractivity contribution is 6.32. The second-order valence-electron chi connectivity index (χ2n) is 3.83. The lowest BCUT2D eigenvalue weighted by Crippen LogP contribution is -1.98. The smallest absolute Gasteiger partial charge is 0.235 e. The van der Waals surface area contributed by atoms with Gasteiger partial charge in [-0.15, -0.1) is 0 Å². The summed E-state index contributed by atoms with van der Waals surface area (Å²) in [7, 11) is 0. The first-order chi connectivity index (χ1) is 8.27. The van der Waals surface area contributed by atoms with E-state index < -0.39 is 0 Å². The minimum Gasteiger partial charge on any atom is -0.288 e. The molecule has 0 aliphatic rings. The Morgan fingerprint density at radius 2 is 1.94 bits per heavy atom. The summed E-state index contributed by atoms with van der Waals surface area (Å²) in [6, 6.07) is 10.0. The van der Waals surface area contributed by atoms with Crippen LogP contribution in [0.25, 0.3) is 16.9 Å². The molecular weight excluding hydrogens is 234 g/mol. The molecule has 0 aliphatic carbocycles. The van der Waals surface area contributed by atoms with Crippen LogP contribution in [0.15, 0.2) is 42.7 Å². The number of halogens is 1. The standard InChI is InChI=1S/C13H10ClN3/c1-9-11(10-5-3-2-4-6-10)12(14)16-13-15-7-8-17(9)13/h2-8H,1H3. The molecular formula is C13H10ClN3. The second-order valence-corrected chi connectivity index (χ2v) is 4.18. The quantitative estimate of drug-likeness (QED) is 0.614. The van der Waals surface area contributed by atoms with Gasteiger partial charge >= 0.3 is 0 Å². The van der Waals surface area contributed by atoms with Crippen LogP contribution in [0.1, 0.15) is 5.69 Å². The fourth-order valence-electron chi connectivity index (χ4n) is 1.99. The van der Waals surface area contributed by atoms with E-state index in [1.807, 2.05) is 47.9 Å². The molecule has 4 heteroatoms. The number of rotatable bonds is 1. The van der Waals surface area contributed by atoms with Gasteiger partial charge in [0.2, 0.25) is 5.78 Å². The van der Waals surface area contributed by atoms with Gasteiger partial charge in [0.1, 0.15) is 5.15 Å². The average molecular weight is 244 g/mol. The number of hydrogen-bond acceptors (Lipinski definition) is 2. The Balaban J connectivity index is 2.36. The summed E-state index contributed by atoms with van der Waals surface area (Å²) in [5, 5.41) is 0.493. The van der Waals surface area contributed by atoms with Crippen molar-refractivity contribution in [2.24, 2.45) is 0 Å². The molecule has 0 saturated carbocycles. The summed E-state index contributed by atoms with van der Waals surface area (Å²) < 4.78 is 1.94. The fourth-order valence-corrected chi connectivity index (χ4v) is 2.31. The average Bonchev–Trinajstić information content (AvgIpc) is 2.78. The topological polar surface area (TPSA) is 30.2 Å². The molecule has 1 aromatic carbocycles. The summed E-state index contributed by atoms with van der Waals surface area (Å²) in [5.41, 5.74) is 3.07. The van der Waals surface area contributed by atoms with Gasteiger partial charge in [-0.3, -0.25) is 4.40 Å². The molecule has 0 amide bonds. The van der Waals surface area contributed by atoms with Crippen molar-refractivity contribution in [3.05, 3.63) is 53.6 Å². The van der Waals surface area contributed by atoms with Gasteiger partial charge in [-0.25, -0.2) is 4.98 Å². The van der Waals surface area contributed by atoms with Crippen LogP contribution in [-0.2, 0) is 0 Å². The first kappa shape index (κ1) is 10.3. The molecule has 0 fully saturated rings. The third-order valence-corrected chi connectivity index (χ3v) is 3.08. The van der Waals surface area contributed by atoms with Gasteiger partial charge in [-0.05, 0) is 12.5 Å². The van der Waals surface area contributed by atoms with Crippen molar-refractivity contribution in [3.8, 4) is 11.1 Å².